The van der Waals surface area contributed by atoms with Crippen LogP contribution >= 0.6 is 12.2 Å². The Morgan fingerprint density at radius 2 is 2.00 bits per heavy atom. The van der Waals surface area contributed by atoms with E-state index in [4.69, 9.17) is 32.0 Å². The number of aromatic amines is 1. The third-order valence-corrected chi connectivity index (χ3v) is 5.07. The number of hydrogen-bond donors (Lipinski definition) is 2. The smallest absolute Gasteiger partial charge is 0.251 e. The van der Waals surface area contributed by atoms with Crippen molar-refractivity contribution in [3.63, 3.8) is 0 Å². The first-order valence-electron chi connectivity index (χ1n) is 9.58. The van der Waals surface area contributed by atoms with E-state index >= 15 is 0 Å². The molecule has 0 spiro atoms. The average molecular weight is 433 g/mol. The summed E-state index contributed by atoms with van der Waals surface area (Å²) in [4.78, 5) is 19.6. The van der Waals surface area contributed by atoms with Crippen LogP contribution in [0.25, 0.3) is 21.3 Å². The lowest BCUT2D eigenvalue weighted by Crippen LogP contribution is -2.31. The van der Waals surface area contributed by atoms with Gasteiger partial charge in [0.2, 0.25) is 0 Å². The molecule has 30 heavy (non-hydrogen) atoms. The number of azide groups is 1. The van der Waals surface area contributed by atoms with Gasteiger partial charge in [-0.15, -0.1) is 0 Å². The molecule has 2 aromatic rings. The second kappa shape index (κ2) is 10.8. The van der Waals surface area contributed by atoms with Crippen LogP contribution in [0.2, 0.25) is 0 Å². The third kappa shape index (κ3) is 5.39. The predicted molar refractivity (Wildman–Crippen MR) is 115 cm³/mol. The molecule has 1 aliphatic rings. The molecular formula is C19H24N6O4S. The zero-order valence-corrected chi connectivity index (χ0v) is 17.5. The summed E-state index contributed by atoms with van der Waals surface area (Å²) in [6, 6.07) is 5.46. The summed E-state index contributed by atoms with van der Waals surface area (Å²) in [6.07, 6.45) is 2.44. The lowest BCUT2D eigenvalue weighted by molar-refractivity contribution is -0.126. The molecule has 0 aliphatic carbocycles. The third-order valence-electron chi connectivity index (χ3n) is 4.67. The van der Waals surface area contributed by atoms with Gasteiger partial charge in [-0.05, 0) is 29.4 Å². The predicted octanol–water partition coefficient (Wildman–Crippen LogP) is 2.15. The van der Waals surface area contributed by atoms with Gasteiger partial charge in [-0.1, -0.05) is 17.2 Å². The maximum absolute atomic E-state index is 12.3. The van der Waals surface area contributed by atoms with Crippen LogP contribution in [-0.2, 0) is 20.7 Å². The second-order valence-corrected chi connectivity index (χ2v) is 7.01. The topological polar surface area (TPSA) is 125 Å². The van der Waals surface area contributed by atoms with Crippen LogP contribution in [0.15, 0.2) is 29.5 Å². The maximum atomic E-state index is 12.3. The van der Waals surface area contributed by atoms with Crippen molar-refractivity contribution < 1.29 is 19.0 Å². The Morgan fingerprint density at radius 1 is 1.23 bits per heavy atom. The van der Waals surface area contributed by atoms with E-state index in [9.17, 15) is 4.79 Å². The number of ether oxygens (including phenoxy) is 3. The van der Waals surface area contributed by atoms with Gasteiger partial charge in [0.05, 0.1) is 31.9 Å². The van der Waals surface area contributed by atoms with E-state index in [1.165, 1.54) is 4.90 Å². The Labute approximate surface area is 179 Å². The number of fused-ring (bicyclic) bond motifs is 1. The van der Waals surface area contributed by atoms with Crippen molar-refractivity contribution in [2.75, 3.05) is 46.6 Å². The summed E-state index contributed by atoms with van der Waals surface area (Å²) < 4.78 is 16.6. The van der Waals surface area contributed by atoms with E-state index in [0.29, 0.717) is 51.1 Å². The van der Waals surface area contributed by atoms with Crippen molar-refractivity contribution in [3.05, 3.63) is 40.4 Å². The summed E-state index contributed by atoms with van der Waals surface area (Å²) >= 11 is 5.15. The van der Waals surface area contributed by atoms with Crippen LogP contribution in [-0.4, -0.2) is 73.6 Å². The van der Waals surface area contributed by atoms with Gasteiger partial charge in [0.25, 0.3) is 5.91 Å². The number of hydrogen-bond acceptors (Lipinski definition) is 6. The number of benzene rings is 1. The SMILES string of the molecule is CN1C(=O)C(Cc2c[nH]c3c(OCCOCCOCCN=[N+]=[N-])cccc23)NC1=S. The minimum Gasteiger partial charge on any atom is -0.489 e. The van der Waals surface area contributed by atoms with Crippen LogP contribution in [0, 0.1) is 0 Å². The second-order valence-electron chi connectivity index (χ2n) is 6.62. The zero-order valence-electron chi connectivity index (χ0n) is 16.7. The number of carbonyl (C=O) groups excluding carboxylic acids is 1. The minimum absolute atomic E-state index is 0.0272. The number of thiocarbonyl (C=S) groups is 1. The molecule has 1 fully saturated rings. The molecule has 1 amide bonds. The van der Waals surface area contributed by atoms with Crippen molar-refractivity contribution in [3.8, 4) is 5.75 Å². The number of carbonyl (C=O) groups is 1. The van der Waals surface area contributed by atoms with E-state index in [0.717, 1.165) is 22.2 Å². The molecular weight excluding hydrogens is 408 g/mol. The molecule has 0 radical (unpaired) electrons. The standard InChI is InChI=1S/C19H24N6O4S/c1-25-18(26)15(23-19(25)30)11-13-12-21-17-14(13)3-2-4-16(17)29-10-9-28-8-7-27-6-5-22-24-20/h2-4,12,15,21H,5-11H2,1H3,(H,23,30). The normalized spacial score (nSPS) is 16.0. The van der Waals surface area contributed by atoms with Crippen molar-refractivity contribution in [1.82, 2.24) is 15.2 Å². The zero-order chi connectivity index (χ0) is 21.3. The van der Waals surface area contributed by atoms with Crippen LogP contribution < -0.4 is 10.1 Å². The van der Waals surface area contributed by atoms with E-state index in [-0.39, 0.29) is 11.9 Å². The van der Waals surface area contributed by atoms with Gasteiger partial charge >= 0.3 is 0 Å². The lowest BCUT2D eigenvalue weighted by Gasteiger charge is -2.10. The number of amides is 1. The summed E-state index contributed by atoms with van der Waals surface area (Å²) in [6.45, 7) is 2.39. The first kappa shape index (κ1) is 21.8. The monoisotopic (exact) mass is 432 g/mol. The highest BCUT2D eigenvalue weighted by atomic mass is 32.1. The molecule has 3 rings (SSSR count). The largest absolute Gasteiger partial charge is 0.489 e. The Hall–Kier alpha value is -2.85. The van der Waals surface area contributed by atoms with Gasteiger partial charge in [0.1, 0.15) is 18.4 Å². The maximum Gasteiger partial charge on any atom is 0.251 e. The summed E-state index contributed by atoms with van der Waals surface area (Å²) in [7, 11) is 1.68. The van der Waals surface area contributed by atoms with Crippen LogP contribution in [0.5, 0.6) is 5.75 Å². The lowest BCUT2D eigenvalue weighted by atomic mass is 10.0. The number of rotatable bonds is 12. The average Bonchev–Trinajstić information content (AvgIpc) is 3.26. The van der Waals surface area contributed by atoms with Crippen LogP contribution in [0.3, 0.4) is 0 Å². The van der Waals surface area contributed by atoms with E-state index in [2.05, 4.69) is 20.3 Å². The quantitative estimate of drug-likeness (QED) is 0.174. The Morgan fingerprint density at radius 3 is 2.73 bits per heavy atom. The van der Waals surface area contributed by atoms with Gasteiger partial charge in [-0.25, -0.2) is 0 Å². The van der Waals surface area contributed by atoms with Crippen molar-refractivity contribution in [1.29, 1.82) is 0 Å². The fourth-order valence-electron chi connectivity index (χ4n) is 3.16. The molecule has 0 saturated carbocycles. The Bertz CT molecular complexity index is 942. The highest BCUT2D eigenvalue weighted by Crippen LogP contribution is 2.28. The van der Waals surface area contributed by atoms with Crippen LogP contribution in [0.1, 0.15) is 5.56 Å². The molecule has 2 heterocycles. The number of para-hydroxylation sites is 1. The molecule has 1 unspecified atom stereocenters. The Kier molecular flexibility index (Phi) is 7.86. The summed E-state index contributed by atoms with van der Waals surface area (Å²) in [5, 5.41) is 7.91. The molecule has 1 saturated heterocycles. The number of nitrogens with one attached hydrogen (secondary N) is 2. The summed E-state index contributed by atoms with van der Waals surface area (Å²) in [5.74, 6) is 0.701. The van der Waals surface area contributed by atoms with Crippen LogP contribution in [0.4, 0.5) is 0 Å². The molecule has 1 atom stereocenters. The fraction of sp³-hybridized carbons (Fsp3) is 0.474. The number of H-pyrrole nitrogens is 1. The molecule has 10 nitrogen and oxygen atoms in total. The first-order chi connectivity index (χ1) is 14.6. The van der Waals surface area contributed by atoms with Gasteiger partial charge < -0.3 is 24.5 Å². The molecule has 1 aromatic carbocycles. The molecule has 160 valence electrons. The molecule has 0 bridgehead atoms. The number of aromatic nitrogens is 1. The van der Waals surface area contributed by atoms with Crippen molar-refractivity contribution in [2.45, 2.75) is 12.5 Å². The van der Waals surface area contributed by atoms with E-state index < -0.39 is 0 Å². The molecule has 2 N–H and O–H groups in total. The molecule has 1 aliphatic heterocycles. The Balaban J connectivity index is 1.47. The van der Waals surface area contributed by atoms with Gasteiger partial charge in [-0.2, -0.15) is 0 Å². The molecule has 11 heteroatoms. The van der Waals surface area contributed by atoms with E-state index in [1.54, 1.807) is 7.05 Å². The minimum atomic E-state index is -0.353. The number of likely N-dealkylation sites (N-methyl/N-ethyl adjacent to an activating group) is 1. The summed E-state index contributed by atoms with van der Waals surface area (Å²) in [5.41, 5.74) is 10.1. The number of nitrogens with zero attached hydrogens (tertiary/aromatic N) is 4. The van der Waals surface area contributed by atoms with E-state index in [1.807, 2.05) is 24.4 Å². The van der Waals surface area contributed by atoms with Gasteiger partial charge in [0, 0.05) is 36.5 Å². The van der Waals surface area contributed by atoms with Crippen molar-refractivity contribution >= 4 is 34.1 Å². The highest BCUT2D eigenvalue weighted by Gasteiger charge is 2.33. The fourth-order valence-corrected chi connectivity index (χ4v) is 3.39. The van der Waals surface area contributed by atoms with Gasteiger partial charge in [0.15, 0.2) is 5.11 Å². The van der Waals surface area contributed by atoms with Crippen molar-refractivity contribution in [2.24, 2.45) is 5.11 Å². The molecule has 1 aromatic heterocycles. The van der Waals surface area contributed by atoms with Gasteiger partial charge in [-0.3, -0.25) is 9.69 Å². The highest BCUT2D eigenvalue weighted by molar-refractivity contribution is 7.80. The first-order valence-corrected chi connectivity index (χ1v) is 9.99.